The second-order valence-corrected chi connectivity index (χ2v) is 12.2. The maximum absolute atomic E-state index is 13.2. The summed E-state index contributed by atoms with van der Waals surface area (Å²) in [6.07, 6.45) is -5.51. The Hall–Kier alpha value is -4.28. The van der Waals surface area contributed by atoms with E-state index < -0.39 is 46.6 Å². The summed E-state index contributed by atoms with van der Waals surface area (Å²) in [6, 6.07) is 11.4. The number of alkyl halides is 3. The predicted octanol–water partition coefficient (Wildman–Crippen LogP) is 3.03. The highest BCUT2D eigenvalue weighted by Gasteiger charge is 2.44. The summed E-state index contributed by atoms with van der Waals surface area (Å²) in [7, 11) is -4.53. The van der Waals surface area contributed by atoms with Gasteiger partial charge in [-0.25, -0.2) is 18.0 Å². The third-order valence-corrected chi connectivity index (χ3v) is 8.78. The lowest BCUT2D eigenvalue weighted by Crippen LogP contribution is -2.50. The molecule has 16 heteroatoms. The molecule has 0 radical (unpaired) electrons. The van der Waals surface area contributed by atoms with Crippen LogP contribution in [-0.2, 0) is 30.9 Å². The van der Waals surface area contributed by atoms with Crippen LogP contribution in [0.4, 0.5) is 13.2 Å². The van der Waals surface area contributed by atoms with Crippen LogP contribution in [0.2, 0.25) is 0 Å². The molecule has 0 saturated carbocycles. The molecule has 1 atom stereocenters. The first-order chi connectivity index (χ1) is 20.0. The lowest BCUT2D eigenvalue weighted by molar-refractivity contribution is -0.202. The molecule has 1 unspecified atom stereocenters. The Morgan fingerprint density at radius 3 is 2.28 bits per heavy atom. The Balaban J connectivity index is 1.81. The van der Waals surface area contributed by atoms with E-state index in [4.69, 9.17) is 11.1 Å². The molecule has 3 aromatic rings. The predicted molar refractivity (Wildman–Crippen MR) is 153 cm³/mol. The molecule has 43 heavy (non-hydrogen) atoms. The number of aryl methyl sites for hydroxylation is 3. The SMILES string of the molecule is Cc1cc(C)c(S(=O)(=O)NC(CNC(=O)c2ccc(-c3cccc(CNC(=N)N)c3)s2)C(=O)OC(=O)C(F)(F)F)c(C)c1. The van der Waals surface area contributed by atoms with Crippen LogP contribution in [0.1, 0.15) is 31.9 Å². The first-order valence-electron chi connectivity index (χ1n) is 12.5. The fourth-order valence-corrected chi connectivity index (χ4v) is 6.72. The molecule has 0 bridgehead atoms. The Kier molecular flexibility index (Phi) is 10.3. The van der Waals surface area contributed by atoms with Gasteiger partial charge in [0.1, 0.15) is 6.04 Å². The van der Waals surface area contributed by atoms with Crippen molar-refractivity contribution in [1.82, 2.24) is 15.4 Å². The fourth-order valence-electron chi connectivity index (χ4n) is 4.16. The van der Waals surface area contributed by atoms with Crippen molar-refractivity contribution in [1.29, 1.82) is 5.41 Å². The average molecular weight is 640 g/mol. The van der Waals surface area contributed by atoms with Crippen molar-refractivity contribution in [2.45, 2.75) is 44.4 Å². The largest absolute Gasteiger partial charge is 0.491 e. The number of hydrogen-bond acceptors (Lipinski definition) is 8. The molecule has 230 valence electrons. The Morgan fingerprint density at radius 1 is 1.02 bits per heavy atom. The van der Waals surface area contributed by atoms with Gasteiger partial charge in [-0.3, -0.25) is 10.2 Å². The number of benzene rings is 2. The monoisotopic (exact) mass is 639 g/mol. The standard InChI is InChI=1S/C27H28F3N5O6S2/c1-14-9-15(2)22(16(3)10-14)43(39,40)35-19(24(37)41-25(38)27(28,29)30)13-33-23(36)21-8-7-20(42-21)18-6-4-5-17(11-18)12-34-26(31)32/h4-11,19,35H,12-13H2,1-3H3,(H,33,36)(H4,31,32,34). The van der Waals surface area contributed by atoms with Crippen molar-refractivity contribution in [3.63, 3.8) is 0 Å². The van der Waals surface area contributed by atoms with E-state index in [0.29, 0.717) is 22.5 Å². The lowest BCUT2D eigenvalue weighted by Gasteiger charge is -2.20. The maximum Gasteiger partial charge on any atom is 0.491 e. The summed E-state index contributed by atoms with van der Waals surface area (Å²) in [4.78, 5) is 37.4. The number of rotatable bonds is 10. The molecule has 11 nitrogen and oxygen atoms in total. The lowest BCUT2D eigenvalue weighted by atomic mass is 10.1. The number of sulfonamides is 1. The Labute approximate surface area is 249 Å². The normalized spacial score (nSPS) is 12.3. The van der Waals surface area contributed by atoms with Gasteiger partial charge in [-0.05, 0) is 61.2 Å². The van der Waals surface area contributed by atoms with Crippen LogP contribution in [0.5, 0.6) is 0 Å². The number of esters is 2. The van der Waals surface area contributed by atoms with E-state index in [-0.39, 0.29) is 15.7 Å². The number of thiophene rings is 1. The Bertz CT molecular complexity index is 1650. The molecule has 3 rings (SSSR count). The smallest absolute Gasteiger partial charge is 0.385 e. The van der Waals surface area contributed by atoms with Crippen LogP contribution in [0.25, 0.3) is 10.4 Å². The van der Waals surface area contributed by atoms with Gasteiger partial charge in [0, 0.05) is 18.0 Å². The quantitative estimate of drug-likeness (QED) is 0.0972. The van der Waals surface area contributed by atoms with E-state index in [2.05, 4.69) is 15.4 Å². The molecule has 0 fully saturated rings. The van der Waals surface area contributed by atoms with E-state index >= 15 is 0 Å². The summed E-state index contributed by atoms with van der Waals surface area (Å²) < 4.78 is 70.5. The number of halogens is 3. The zero-order chi connectivity index (χ0) is 32.1. The van der Waals surface area contributed by atoms with Crippen molar-refractivity contribution < 1.29 is 40.7 Å². The average Bonchev–Trinajstić information content (AvgIpc) is 3.39. The van der Waals surface area contributed by atoms with Gasteiger partial charge in [-0.2, -0.15) is 17.9 Å². The molecule has 0 aliphatic heterocycles. The minimum atomic E-state index is -5.51. The van der Waals surface area contributed by atoms with Gasteiger partial charge in [0.05, 0.1) is 9.77 Å². The van der Waals surface area contributed by atoms with Gasteiger partial charge in [0.2, 0.25) is 10.0 Å². The summed E-state index contributed by atoms with van der Waals surface area (Å²) in [6.45, 7) is 4.21. The molecule has 2 aromatic carbocycles. The van der Waals surface area contributed by atoms with Crippen molar-refractivity contribution in [2.75, 3.05) is 6.54 Å². The van der Waals surface area contributed by atoms with Crippen LogP contribution in [-0.4, -0.2) is 51.0 Å². The second-order valence-electron chi connectivity index (χ2n) is 9.45. The topological polar surface area (TPSA) is 181 Å². The maximum atomic E-state index is 13.2. The number of amides is 1. The third-order valence-electron chi connectivity index (χ3n) is 5.87. The number of ether oxygens (including phenoxy) is 1. The highest BCUT2D eigenvalue weighted by Crippen LogP contribution is 2.29. The first-order valence-corrected chi connectivity index (χ1v) is 14.8. The second kappa shape index (κ2) is 13.4. The van der Waals surface area contributed by atoms with Gasteiger partial charge >= 0.3 is 18.1 Å². The van der Waals surface area contributed by atoms with Crippen LogP contribution < -0.4 is 21.1 Å². The third kappa shape index (κ3) is 8.86. The minimum Gasteiger partial charge on any atom is -0.385 e. The van der Waals surface area contributed by atoms with Gasteiger partial charge < -0.3 is 21.1 Å². The minimum absolute atomic E-state index is 0.147. The highest BCUT2D eigenvalue weighted by molar-refractivity contribution is 7.89. The summed E-state index contributed by atoms with van der Waals surface area (Å²) in [5.41, 5.74) is 8.24. The van der Waals surface area contributed by atoms with Gasteiger partial charge in [-0.1, -0.05) is 35.9 Å². The molecule has 0 saturated heterocycles. The molecule has 0 aliphatic rings. The fraction of sp³-hybridized carbons (Fsp3) is 0.259. The number of nitrogens with two attached hydrogens (primary N) is 1. The number of guanidine groups is 1. The van der Waals surface area contributed by atoms with Gasteiger partial charge in [-0.15, -0.1) is 11.3 Å². The molecule has 6 N–H and O–H groups in total. The van der Waals surface area contributed by atoms with E-state index in [1.165, 1.54) is 19.9 Å². The number of carbonyl (C=O) groups is 3. The number of hydrogen-bond donors (Lipinski definition) is 5. The molecule has 0 aliphatic carbocycles. The van der Waals surface area contributed by atoms with Crippen molar-refractivity contribution in [2.24, 2.45) is 5.73 Å². The van der Waals surface area contributed by atoms with Crippen LogP contribution in [0, 0.1) is 26.2 Å². The number of nitrogens with one attached hydrogen (secondary N) is 4. The number of carbonyl (C=O) groups excluding carboxylic acids is 3. The summed E-state index contributed by atoms with van der Waals surface area (Å²) >= 11 is 1.06. The molecule has 1 aromatic heterocycles. The molecule has 0 spiro atoms. The molecule has 1 amide bonds. The molecular weight excluding hydrogens is 611 g/mol. The van der Waals surface area contributed by atoms with Crippen molar-refractivity contribution in [3.05, 3.63) is 75.7 Å². The van der Waals surface area contributed by atoms with Gasteiger partial charge in [0.25, 0.3) is 5.91 Å². The highest BCUT2D eigenvalue weighted by atomic mass is 32.2. The zero-order valence-electron chi connectivity index (χ0n) is 23.1. The summed E-state index contributed by atoms with van der Waals surface area (Å²) in [5, 5.41) is 12.3. The van der Waals surface area contributed by atoms with E-state index in [0.717, 1.165) is 28.0 Å². The van der Waals surface area contributed by atoms with Crippen molar-refractivity contribution in [3.8, 4) is 10.4 Å². The van der Waals surface area contributed by atoms with Crippen LogP contribution >= 0.6 is 11.3 Å². The van der Waals surface area contributed by atoms with E-state index in [9.17, 15) is 36.0 Å². The Morgan fingerprint density at radius 2 is 1.67 bits per heavy atom. The first kappa shape index (κ1) is 33.2. The summed E-state index contributed by atoms with van der Waals surface area (Å²) in [5.74, 6) is -5.64. The van der Waals surface area contributed by atoms with Gasteiger partial charge in [0.15, 0.2) is 5.96 Å². The van der Waals surface area contributed by atoms with Crippen LogP contribution in [0.3, 0.4) is 0 Å². The van der Waals surface area contributed by atoms with Crippen LogP contribution in [0.15, 0.2) is 53.4 Å². The van der Waals surface area contributed by atoms with E-state index in [1.807, 2.05) is 16.9 Å². The van der Waals surface area contributed by atoms with E-state index in [1.54, 1.807) is 37.3 Å². The molecule has 1 heterocycles. The molecular formula is C27H28F3N5O6S2. The zero-order valence-corrected chi connectivity index (χ0v) is 24.7. The van der Waals surface area contributed by atoms with Crippen molar-refractivity contribution >= 4 is 45.2 Å².